The third-order valence-corrected chi connectivity index (χ3v) is 2.02. The van der Waals surface area contributed by atoms with Crippen molar-refractivity contribution in [3.8, 4) is 6.07 Å². The number of amides is 1. The molecule has 1 heterocycles. The van der Waals surface area contributed by atoms with Crippen LogP contribution in [0, 0.1) is 11.3 Å². The first-order chi connectivity index (χ1) is 7.76. The molecule has 0 saturated carbocycles. The zero-order chi connectivity index (χ0) is 11.8. The molecule has 1 N–H and O–H groups in total. The molecule has 0 spiro atoms. The van der Waals surface area contributed by atoms with Crippen LogP contribution in [-0.2, 0) is 4.79 Å². The van der Waals surface area contributed by atoms with Crippen LogP contribution in [0.25, 0.3) is 0 Å². The number of hydrogen-bond acceptors (Lipinski definition) is 4. The molecule has 0 aromatic carbocycles. The molecule has 0 saturated heterocycles. The topological polar surface area (TPSA) is 77.6 Å². The maximum atomic E-state index is 11.4. The van der Waals surface area contributed by atoms with E-state index in [9.17, 15) is 4.79 Å². The molecule has 16 heavy (non-hydrogen) atoms. The van der Waals surface area contributed by atoms with E-state index < -0.39 is 0 Å². The largest absolute Gasteiger partial charge is 0.325 e. The van der Waals surface area contributed by atoms with Crippen LogP contribution in [0.4, 0.5) is 0 Å². The van der Waals surface area contributed by atoms with Crippen molar-refractivity contribution in [2.75, 3.05) is 6.54 Å². The minimum Gasteiger partial charge on any atom is -0.325 e. The second kappa shape index (κ2) is 6.51. The molecule has 1 aliphatic heterocycles. The number of carbonyl (C=O) groups excluding carboxylic acids is 1. The first-order valence-electron chi connectivity index (χ1n) is 5.25. The van der Waals surface area contributed by atoms with E-state index in [0.29, 0.717) is 18.7 Å². The number of nitrogens with one attached hydrogen (secondary N) is 1. The van der Waals surface area contributed by atoms with Gasteiger partial charge in [-0.25, -0.2) is 4.99 Å². The molecule has 0 unspecified atom stereocenters. The summed E-state index contributed by atoms with van der Waals surface area (Å²) in [7, 11) is 0. The summed E-state index contributed by atoms with van der Waals surface area (Å²) in [6, 6.07) is 1.86. The van der Waals surface area contributed by atoms with E-state index in [0.717, 1.165) is 12.8 Å². The lowest BCUT2D eigenvalue weighted by Gasteiger charge is -2.03. The number of hydrogen-bond donors (Lipinski definition) is 1. The first kappa shape index (κ1) is 12.1. The Morgan fingerprint density at radius 1 is 1.69 bits per heavy atom. The summed E-state index contributed by atoms with van der Waals surface area (Å²) in [5.74, 6) is 0.106. The maximum Gasteiger partial charge on any atom is 0.227 e. The molecule has 0 bridgehead atoms. The van der Waals surface area contributed by atoms with Gasteiger partial charge in [0.05, 0.1) is 18.5 Å². The molecule has 5 nitrogen and oxygen atoms in total. The number of nitrogens with zero attached hydrogens (tertiary/aromatic N) is 3. The lowest BCUT2D eigenvalue weighted by Crippen LogP contribution is -2.23. The fourth-order valence-electron chi connectivity index (χ4n) is 1.16. The maximum absolute atomic E-state index is 11.4. The van der Waals surface area contributed by atoms with Gasteiger partial charge in [-0.1, -0.05) is 13.3 Å². The van der Waals surface area contributed by atoms with Gasteiger partial charge in [0.1, 0.15) is 6.07 Å². The Kier molecular flexibility index (Phi) is 4.93. The van der Waals surface area contributed by atoms with Crippen molar-refractivity contribution in [1.82, 2.24) is 5.32 Å². The van der Waals surface area contributed by atoms with Crippen molar-refractivity contribution in [2.45, 2.75) is 26.2 Å². The summed E-state index contributed by atoms with van der Waals surface area (Å²) in [4.78, 5) is 19.1. The van der Waals surface area contributed by atoms with Crippen LogP contribution in [0.1, 0.15) is 26.2 Å². The number of aliphatic imine (C=N–C) groups is 2. The monoisotopic (exact) mass is 218 g/mol. The third kappa shape index (κ3) is 4.05. The molecule has 0 aromatic heterocycles. The summed E-state index contributed by atoms with van der Waals surface area (Å²) >= 11 is 0. The Morgan fingerprint density at radius 2 is 2.50 bits per heavy atom. The van der Waals surface area contributed by atoms with Crippen LogP contribution in [0.15, 0.2) is 21.8 Å². The quantitative estimate of drug-likeness (QED) is 0.769. The number of carbonyl (C=O) groups is 1. The predicted molar refractivity (Wildman–Crippen MR) is 62.2 cm³/mol. The van der Waals surface area contributed by atoms with Gasteiger partial charge in [-0.15, -0.1) is 0 Å². The Balaban J connectivity index is 2.49. The zero-order valence-corrected chi connectivity index (χ0v) is 9.23. The van der Waals surface area contributed by atoms with E-state index in [1.165, 1.54) is 6.21 Å². The highest BCUT2D eigenvalue weighted by Gasteiger charge is 2.04. The molecule has 0 radical (unpaired) electrons. The summed E-state index contributed by atoms with van der Waals surface area (Å²) < 4.78 is 0. The summed E-state index contributed by atoms with van der Waals surface area (Å²) in [6.45, 7) is 2.40. The van der Waals surface area contributed by atoms with Gasteiger partial charge < -0.3 is 5.32 Å². The molecule has 0 fully saturated rings. The summed E-state index contributed by atoms with van der Waals surface area (Å²) in [5.41, 5.74) is 0.607. The highest BCUT2D eigenvalue weighted by molar-refractivity contribution is 6.04. The zero-order valence-electron chi connectivity index (χ0n) is 9.23. The van der Waals surface area contributed by atoms with Crippen LogP contribution in [-0.4, -0.2) is 24.5 Å². The fraction of sp³-hybridized carbons (Fsp3) is 0.455. The van der Waals surface area contributed by atoms with Crippen LogP contribution in [0.5, 0.6) is 0 Å². The predicted octanol–water partition coefficient (Wildman–Crippen LogP) is 1.18. The summed E-state index contributed by atoms with van der Waals surface area (Å²) in [5, 5.41) is 11.3. The van der Waals surface area contributed by atoms with Crippen LogP contribution < -0.4 is 5.32 Å². The number of allylic oxidation sites excluding steroid dienone is 1. The van der Waals surface area contributed by atoms with E-state index in [1.54, 1.807) is 6.08 Å². The van der Waals surface area contributed by atoms with Crippen molar-refractivity contribution in [3.05, 3.63) is 11.8 Å². The molecule has 1 rings (SSSR count). The summed E-state index contributed by atoms with van der Waals surface area (Å²) in [6.07, 6.45) is 5.56. The smallest absolute Gasteiger partial charge is 0.227 e. The van der Waals surface area contributed by atoms with E-state index >= 15 is 0 Å². The van der Waals surface area contributed by atoms with Gasteiger partial charge in [-0.3, -0.25) is 9.79 Å². The second-order valence-electron chi connectivity index (χ2n) is 3.35. The van der Waals surface area contributed by atoms with Gasteiger partial charge in [0, 0.05) is 6.42 Å². The van der Waals surface area contributed by atoms with Crippen molar-refractivity contribution in [1.29, 1.82) is 5.26 Å². The van der Waals surface area contributed by atoms with E-state index in [2.05, 4.69) is 15.3 Å². The molecular formula is C11H14N4O. The van der Waals surface area contributed by atoms with Gasteiger partial charge in [-0.2, -0.15) is 5.26 Å². The van der Waals surface area contributed by atoms with Crippen molar-refractivity contribution in [2.24, 2.45) is 9.98 Å². The van der Waals surface area contributed by atoms with E-state index in [1.807, 2.05) is 13.0 Å². The number of nitriles is 1. The van der Waals surface area contributed by atoms with Gasteiger partial charge in [0.2, 0.25) is 11.7 Å². The van der Waals surface area contributed by atoms with Crippen molar-refractivity contribution in [3.63, 3.8) is 0 Å². The average Bonchev–Trinajstić information content (AvgIpc) is 2.51. The minimum absolute atomic E-state index is 0.0278. The lowest BCUT2D eigenvalue weighted by molar-refractivity contribution is -0.120. The van der Waals surface area contributed by atoms with E-state index in [4.69, 9.17) is 5.26 Å². The van der Waals surface area contributed by atoms with Gasteiger partial charge in [-0.05, 0) is 12.5 Å². The molecule has 0 aromatic rings. The van der Waals surface area contributed by atoms with E-state index in [-0.39, 0.29) is 11.7 Å². The van der Waals surface area contributed by atoms with Crippen LogP contribution in [0.2, 0.25) is 0 Å². The molecule has 1 amide bonds. The van der Waals surface area contributed by atoms with Gasteiger partial charge in [0.15, 0.2) is 0 Å². The van der Waals surface area contributed by atoms with Crippen molar-refractivity contribution < 1.29 is 4.79 Å². The minimum atomic E-state index is -0.0278. The van der Waals surface area contributed by atoms with Crippen LogP contribution >= 0.6 is 0 Å². The Bertz CT molecular complexity index is 387. The lowest BCUT2D eigenvalue weighted by atomic mass is 10.2. The van der Waals surface area contributed by atoms with Gasteiger partial charge >= 0.3 is 0 Å². The highest BCUT2D eigenvalue weighted by atomic mass is 16.1. The Labute approximate surface area is 94.6 Å². The third-order valence-electron chi connectivity index (χ3n) is 2.02. The average molecular weight is 218 g/mol. The van der Waals surface area contributed by atoms with Crippen molar-refractivity contribution >= 4 is 18.0 Å². The molecule has 1 aliphatic rings. The normalized spacial score (nSPS) is 14.5. The van der Waals surface area contributed by atoms with Gasteiger partial charge in [0.25, 0.3) is 0 Å². The van der Waals surface area contributed by atoms with Crippen LogP contribution in [0.3, 0.4) is 0 Å². The SMILES string of the molecule is CCCCC(=O)NC1=CCN=C(C#N)N=C1. The standard InChI is InChI=1S/C11H14N4O/c1-2-3-4-11(16)15-9-5-6-13-10(7-12)14-8-9/h5,8H,2-4,6H2,1H3,(H,15,16). The number of rotatable bonds is 4. The number of unbranched alkanes of at least 4 members (excludes halogenated alkanes) is 1. The second-order valence-corrected chi connectivity index (χ2v) is 3.35. The number of amidine groups is 1. The first-order valence-corrected chi connectivity index (χ1v) is 5.25. The molecule has 5 heteroatoms. The Hall–Kier alpha value is -1.96. The molecular weight excluding hydrogens is 204 g/mol. The fourth-order valence-corrected chi connectivity index (χ4v) is 1.16. The molecule has 0 aliphatic carbocycles. The molecule has 0 atom stereocenters. The molecule has 84 valence electrons. The highest BCUT2D eigenvalue weighted by Crippen LogP contribution is 1.98. The Morgan fingerprint density at radius 3 is 3.19 bits per heavy atom.